The van der Waals surface area contributed by atoms with Crippen LogP contribution in [0.4, 0.5) is 0 Å². The van der Waals surface area contributed by atoms with E-state index in [4.69, 9.17) is 18.9 Å². The van der Waals surface area contributed by atoms with Crippen LogP contribution < -0.4 is 5.32 Å². The first-order chi connectivity index (χ1) is 36.1. The molecule has 2 fully saturated rings. The van der Waals surface area contributed by atoms with Gasteiger partial charge in [-0.05, 0) is 103 Å². The van der Waals surface area contributed by atoms with Crippen LogP contribution in [-0.4, -0.2) is 140 Å². The molecule has 0 aromatic heterocycles. The molecule has 14 nitrogen and oxygen atoms in total. The van der Waals surface area contributed by atoms with E-state index < -0.39 is 86.8 Å². The van der Waals surface area contributed by atoms with E-state index in [2.05, 4.69) is 128 Å². The SMILES string of the molecule is C/C=C/CC/C=C/CC/C=C/C(O)C(COC1OC(CO)C(OC2OC(CO)C(O)C(O)C2O)C(O)C1O)NC(=O)CCCCCCCC/C=C\C/C=C\C/C=C\C/C=C\C/C=C\C/C=C\C/C=C\C/C=C\CC. The van der Waals surface area contributed by atoms with Crippen molar-refractivity contribution in [2.45, 2.75) is 216 Å². The summed E-state index contributed by atoms with van der Waals surface area (Å²) in [6.45, 7) is 2.36. The monoisotopic (exact) mass is 1040 g/mol. The fourth-order valence-electron chi connectivity index (χ4n) is 7.99. The lowest BCUT2D eigenvalue weighted by atomic mass is 9.97. The van der Waals surface area contributed by atoms with E-state index in [0.29, 0.717) is 12.8 Å². The fraction of sp³-hybridized carbons (Fsp3) is 0.617. The molecular formula is C60H95NO13. The average molecular weight is 1040 g/mol. The lowest BCUT2D eigenvalue weighted by molar-refractivity contribution is -0.359. The quantitative estimate of drug-likeness (QED) is 0.0208. The number of carbonyl (C=O) groups is 1. The summed E-state index contributed by atoms with van der Waals surface area (Å²) in [5.74, 6) is -0.280. The normalized spacial score (nSPS) is 26.3. The van der Waals surface area contributed by atoms with Crippen molar-refractivity contribution in [1.82, 2.24) is 5.32 Å². The molecule has 1 amide bonds. The number of rotatable bonds is 40. The van der Waals surface area contributed by atoms with Crippen LogP contribution in [-0.2, 0) is 23.7 Å². The van der Waals surface area contributed by atoms with E-state index in [-0.39, 0.29) is 18.9 Å². The molecule has 2 aliphatic heterocycles. The third-order valence-electron chi connectivity index (χ3n) is 12.4. The van der Waals surface area contributed by atoms with Gasteiger partial charge in [-0.3, -0.25) is 4.79 Å². The van der Waals surface area contributed by atoms with E-state index in [1.807, 2.05) is 19.1 Å². The Balaban J connectivity index is 1.71. The number of hydrogen-bond donors (Lipinski definition) is 9. The molecular weight excluding hydrogens is 943 g/mol. The molecule has 0 spiro atoms. The predicted octanol–water partition coefficient (Wildman–Crippen LogP) is 8.43. The Labute approximate surface area is 443 Å². The lowest BCUT2D eigenvalue weighted by Crippen LogP contribution is -2.65. The maximum atomic E-state index is 13.2. The van der Waals surface area contributed by atoms with E-state index in [9.17, 15) is 45.6 Å². The number of carbonyl (C=O) groups excluding carboxylic acids is 1. The van der Waals surface area contributed by atoms with Gasteiger partial charge in [0.25, 0.3) is 0 Å². The molecule has 12 atom stereocenters. The van der Waals surface area contributed by atoms with Crippen LogP contribution in [0.25, 0.3) is 0 Å². The maximum absolute atomic E-state index is 13.2. The summed E-state index contributed by atoms with van der Waals surface area (Å²) >= 11 is 0. The standard InChI is InChI=1S/C60H95NO13/c1-3-5-7-9-11-13-14-15-16-17-18-19-20-21-22-23-24-25-26-27-28-29-30-31-32-33-34-36-38-40-42-44-52(65)61-48(49(64)43-41-39-37-35-12-10-8-6-4-2)47-71-59-57(70)55(68)58(51(46-63)73-59)74-60-56(69)54(67)53(66)50(45-62)72-60/h4-7,11-13,15-16,18-19,21-22,24-25,27-28,30-31,35,41,43,48-51,53-60,62-64,66-70H,3,8-10,14,17,20,23,26,29,32-34,36-40,42,44-47H2,1-2H3,(H,61,65)/b6-4+,7-5-,13-11-,16-15-,19-18-,22-21-,25-24-,28-27-,31-30-,35-12+,43-41+. The lowest BCUT2D eigenvalue weighted by Gasteiger charge is -2.46. The predicted molar refractivity (Wildman–Crippen MR) is 295 cm³/mol. The van der Waals surface area contributed by atoms with Gasteiger partial charge in [-0.1, -0.05) is 166 Å². The van der Waals surface area contributed by atoms with Gasteiger partial charge in [0.2, 0.25) is 5.91 Å². The van der Waals surface area contributed by atoms with Gasteiger partial charge >= 0.3 is 0 Å². The first-order valence-corrected chi connectivity index (χ1v) is 27.4. The number of aliphatic hydroxyl groups excluding tert-OH is 8. The molecule has 0 aromatic carbocycles. The van der Waals surface area contributed by atoms with Crippen LogP contribution >= 0.6 is 0 Å². The third kappa shape index (κ3) is 30.0. The first kappa shape index (κ1) is 66.2. The van der Waals surface area contributed by atoms with Crippen LogP contribution in [0.2, 0.25) is 0 Å². The zero-order valence-electron chi connectivity index (χ0n) is 44.5. The topological polar surface area (TPSA) is 228 Å². The minimum Gasteiger partial charge on any atom is -0.394 e. The van der Waals surface area contributed by atoms with Gasteiger partial charge in [-0.15, -0.1) is 0 Å². The zero-order valence-corrected chi connectivity index (χ0v) is 44.5. The number of unbranched alkanes of at least 4 members (excludes halogenated alkanes) is 8. The second-order valence-electron chi connectivity index (χ2n) is 18.6. The molecule has 74 heavy (non-hydrogen) atoms. The van der Waals surface area contributed by atoms with E-state index in [1.165, 1.54) is 0 Å². The van der Waals surface area contributed by atoms with E-state index in [0.717, 1.165) is 109 Å². The highest BCUT2D eigenvalue weighted by Gasteiger charge is 2.51. The van der Waals surface area contributed by atoms with Crippen molar-refractivity contribution in [1.29, 1.82) is 0 Å². The van der Waals surface area contributed by atoms with Crippen molar-refractivity contribution in [2.75, 3.05) is 19.8 Å². The van der Waals surface area contributed by atoms with Gasteiger partial charge in [0.05, 0.1) is 32.0 Å². The molecule has 2 aliphatic rings. The molecule has 2 heterocycles. The molecule has 418 valence electrons. The van der Waals surface area contributed by atoms with Crippen LogP contribution in [0.15, 0.2) is 134 Å². The van der Waals surface area contributed by atoms with Crippen molar-refractivity contribution in [2.24, 2.45) is 0 Å². The third-order valence-corrected chi connectivity index (χ3v) is 12.4. The van der Waals surface area contributed by atoms with Gasteiger partial charge in [0.1, 0.15) is 48.8 Å². The molecule has 0 radical (unpaired) electrons. The summed E-state index contributed by atoms with van der Waals surface area (Å²) in [6, 6.07) is -0.954. The van der Waals surface area contributed by atoms with Crippen molar-refractivity contribution < 1.29 is 64.6 Å². The van der Waals surface area contributed by atoms with E-state index >= 15 is 0 Å². The van der Waals surface area contributed by atoms with Gasteiger partial charge < -0.3 is 65.1 Å². The zero-order chi connectivity index (χ0) is 53.9. The Kier molecular flexibility index (Phi) is 39.6. The minimum absolute atomic E-state index is 0.242. The Morgan fingerprint density at radius 2 is 0.959 bits per heavy atom. The fourth-order valence-corrected chi connectivity index (χ4v) is 7.99. The number of hydrogen-bond acceptors (Lipinski definition) is 13. The summed E-state index contributed by atoms with van der Waals surface area (Å²) in [4.78, 5) is 13.2. The van der Waals surface area contributed by atoms with Crippen molar-refractivity contribution >= 4 is 5.91 Å². The second-order valence-corrected chi connectivity index (χ2v) is 18.6. The van der Waals surface area contributed by atoms with Crippen LogP contribution in [0.3, 0.4) is 0 Å². The molecule has 0 bridgehead atoms. The van der Waals surface area contributed by atoms with Crippen LogP contribution in [0, 0.1) is 0 Å². The molecule has 12 unspecified atom stereocenters. The van der Waals surface area contributed by atoms with Crippen LogP contribution in [0.1, 0.15) is 142 Å². The summed E-state index contributed by atoms with van der Waals surface area (Å²) in [6.07, 6.45) is 48.2. The Bertz CT molecular complexity index is 1750. The number of nitrogens with one attached hydrogen (secondary N) is 1. The summed E-state index contributed by atoms with van der Waals surface area (Å²) < 4.78 is 22.6. The van der Waals surface area contributed by atoms with Crippen molar-refractivity contribution in [3.63, 3.8) is 0 Å². The van der Waals surface area contributed by atoms with E-state index in [1.54, 1.807) is 6.08 Å². The number of allylic oxidation sites excluding steroid dienone is 21. The number of amides is 1. The summed E-state index contributed by atoms with van der Waals surface area (Å²) in [7, 11) is 0. The highest BCUT2D eigenvalue weighted by Crippen LogP contribution is 2.30. The molecule has 0 saturated carbocycles. The van der Waals surface area contributed by atoms with Gasteiger partial charge in [0.15, 0.2) is 12.6 Å². The van der Waals surface area contributed by atoms with Crippen LogP contribution in [0.5, 0.6) is 0 Å². The summed E-state index contributed by atoms with van der Waals surface area (Å²) in [5, 5.41) is 86.6. The highest BCUT2D eigenvalue weighted by molar-refractivity contribution is 5.76. The maximum Gasteiger partial charge on any atom is 0.220 e. The molecule has 0 aliphatic carbocycles. The Morgan fingerprint density at radius 3 is 1.49 bits per heavy atom. The molecule has 0 aromatic rings. The first-order valence-electron chi connectivity index (χ1n) is 27.4. The number of ether oxygens (including phenoxy) is 4. The van der Waals surface area contributed by atoms with Gasteiger partial charge in [-0.25, -0.2) is 0 Å². The molecule has 2 saturated heterocycles. The molecule has 9 N–H and O–H groups in total. The van der Waals surface area contributed by atoms with Gasteiger partial charge in [0, 0.05) is 6.42 Å². The molecule has 2 rings (SSSR count). The van der Waals surface area contributed by atoms with Gasteiger partial charge in [-0.2, -0.15) is 0 Å². The van der Waals surface area contributed by atoms with Crippen molar-refractivity contribution in [3.8, 4) is 0 Å². The number of aliphatic hydroxyl groups is 8. The second kappa shape index (κ2) is 44.3. The Morgan fingerprint density at radius 1 is 0.514 bits per heavy atom. The largest absolute Gasteiger partial charge is 0.394 e. The highest BCUT2D eigenvalue weighted by atomic mass is 16.7. The average Bonchev–Trinajstić information content (AvgIpc) is 3.40. The smallest absolute Gasteiger partial charge is 0.220 e. The minimum atomic E-state index is -1.80. The molecule has 14 heteroatoms. The Hall–Kier alpha value is -3.87. The van der Waals surface area contributed by atoms with Crippen molar-refractivity contribution in [3.05, 3.63) is 134 Å². The summed E-state index contributed by atoms with van der Waals surface area (Å²) in [5.41, 5.74) is 0.